The number of halogens is 2. The van der Waals surface area contributed by atoms with Gasteiger partial charge in [0.2, 0.25) is 5.91 Å². The van der Waals surface area contributed by atoms with Gasteiger partial charge in [0.05, 0.1) is 49.8 Å². The van der Waals surface area contributed by atoms with E-state index in [-0.39, 0.29) is 11.2 Å². The number of fused-ring (bicyclic) bond motifs is 2. The third-order valence-electron chi connectivity index (χ3n) is 9.51. The van der Waals surface area contributed by atoms with Gasteiger partial charge >= 0.3 is 6.09 Å². The zero-order valence-electron chi connectivity index (χ0n) is 24.9. The molecule has 1 aliphatic carbocycles. The Bertz CT molecular complexity index is 1710. The second-order valence-electron chi connectivity index (χ2n) is 12.1. The highest BCUT2D eigenvalue weighted by molar-refractivity contribution is 5.83. The van der Waals surface area contributed by atoms with Crippen LogP contribution in [0.15, 0.2) is 55.1 Å². The van der Waals surface area contributed by atoms with Crippen LogP contribution < -0.4 is 5.32 Å². The summed E-state index contributed by atoms with van der Waals surface area (Å²) in [5.41, 5.74) is 8.89. The molecule has 7 rings (SSSR count). The smallest absolute Gasteiger partial charge is 0.407 e. The van der Waals surface area contributed by atoms with E-state index in [0.717, 1.165) is 67.7 Å². The molecule has 4 heterocycles. The number of aromatic amines is 2. The van der Waals surface area contributed by atoms with Gasteiger partial charge in [-0.25, -0.2) is 23.5 Å². The molecule has 1 spiro atoms. The van der Waals surface area contributed by atoms with E-state index < -0.39 is 43.5 Å². The van der Waals surface area contributed by atoms with Crippen LogP contribution in [0.4, 0.5) is 13.6 Å². The van der Waals surface area contributed by atoms with Crippen molar-refractivity contribution < 1.29 is 27.8 Å². The summed E-state index contributed by atoms with van der Waals surface area (Å²) >= 11 is 0. The van der Waals surface area contributed by atoms with E-state index in [1.807, 2.05) is 18.3 Å². The number of rotatable bonds is 6. The number of alkyl carbamates (subject to hydrolysis) is 1. The molecule has 12 heteroatoms. The summed E-state index contributed by atoms with van der Waals surface area (Å²) in [6, 6.07) is 11.6. The van der Waals surface area contributed by atoms with Crippen LogP contribution in [0.25, 0.3) is 33.6 Å². The number of benzene rings is 2. The largest absolute Gasteiger partial charge is 0.453 e. The van der Waals surface area contributed by atoms with Crippen molar-refractivity contribution in [1.82, 2.24) is 30.2 Å². The molecule has 0 saturated carbocycles. The van der Waals surface area contributed by atoms with Gasteiger partial charge in [-0.1, -0.05) is 36.4 Å². The number of imidazole rings is 2. The van der Waals surface area contributed by atoms with Gasteiger partial charge in [-0.3, -0.25) is 4.79 Å². The molecule has 1 unspecified atom stereocenters. The Kier molecular flexibility index (Phi) is 7.39. The average Bonchev–Trinajstić information content (AvgIpc) is 3.87. The molecule has 1 atom stereocenters. The van der Waals surface area contributed by atoms with Crippen molar-refractivity contribution in [3.8, 4) is 33.6 Å². The number of alkyl halides is 2. The number of likely N-dealkylation sites (tertiary alicyclic amines) is 1. The number of carbonyl (C=O) groups is 2. The summed E-state index contributed by atoms with van der Waals surface area (Å²) in [5, 5.41) is 2.26. The molecule has 2 aliphatic heterocycles. The molecule has 3 N–H and O–H groups in total. The molecular weight excluding hydrogens is 582 g/mol. The lowest BCUT2D eigenvalue weighted by molar-refractivity contribution is -0.132. The number of carbonyl (C=O) groups excluding carboxylic acids is 2. The molecule has 0 radical (unpaired) electrons. The number of amides is 2. The first kappa shape index (κ1) is 29.1. The SMILES string of the molecule is COC(=O)NCC(=O)N1CC(F)(F)CC1c1ncc(-c2ccc(-c3ccc(-c4cnc[nH]4)c4c3C3(CCOCC3)CC4)cc2)[nH]1. The summed E-state index contributed by atoms with van der Waals surface area (Å²) in [7, 11) is 1.16. The van der Waals surface area contributed by atoms with Crippen LogP contribution in [0, 0.1) is 0 Å². The van der Waals surface area contributed by atoms with Gasteiger partial charge in [-0.2, -0.15) is 0 Å². The second kappa shape index (κ2) is 11.4. The summed E-state index contributed by atoms with van der Waals surface area (Å²) in [6.07, 6.45) is 7.90. The maximum absolute atomic E-state index is 14.5. The predicted octanol–water partition coefficient (Wildman–Crippen LogP) is 5.39. The maximum Gasteiger partial charge on any atom is 0.407 e. The summed E-state index contributed by atoms with van der Waals surface area (Å²) in [5.74, 6) is -3.44. The number of hydrogen-bond donors (Lipinski definition) is 3. The third kappa shape index (κ3) is 5.37. The standard InChI is InChI=1S/C33H34F2N6O4/c1-44-31(43)38-17-28(42)41-18-33(34,35)14-27(41)30-37-16-25(40-30)21-4-2-20(3-5-21)22-6-7-23(26-15-36-19-39-26)24-8-9-32(29(22)24)10-12-45-13-11-32/h2-7,15-16,19,27H,8-14,17-18H2,1H3,(H,36,39)(H,37,40)(H,38,43). The monoisotopic (exact) mass is 616 g/mol. The molecular formula is C33H34F2N6O4. The lowest BCUT2D eigenvalue weighted by Gasteiger charge is -2.36. The quantitative estimate of drug-likeness (QED) is 0.267. The molecule has 2 aromatic heterocycles. The van der Waals surface area contributed by atoms with Crippen molar-refractivity contribution in [2.45, 2.75) is 49.5 Å². The number of nitrogens with one attached hydrogen (secondary N) is 3. The Hall–Kier alpha value is -4.58. The summed E-state index contributed by atoms with van der Waals surface area (Å²) in [6.45, 7) is 0.314. The number of aromatic nitrogens is 4. The Morgan fingerprint density at radius 2 is 1.80 bits per heavy atom. The van der Waals surface area contributed by atoms with Crippen LogP contribution >= 0.6 is 0 Å². The van der Waals surface area contributed by atoms with Crippen LogP contribution in [0.2, 0.25) is 0 Å². The van der Waals surface area contributed by atoms with Crippen molar-refractivity contribution in [2.24, 2.45) is 0 Å². The molecule has 234 valence electrons. The van der Waals surface area contributed by atoms with Crippen LogP contribution in [-0.2, 0) is 26.1 Å². The zero-order chi connectivity index (χ0) is 31.2. The van der Waals surface area contributed by atoms with E-state index in [1.165, 1.54) is 22.3 Å². The Labute approximate surface area is 258 Å². The fraction of sp³-hybridized carbons (Fsp3) is 0.394. The molecule has 2 amide bonds. The van der Waals surface area contributed by atoms with Crippen LogP contribution in [0.5, 0.6) is 0 Å². The third-order valence-corrected chi connectivity index (χ3v) is 9.51. The molecule has 2 fully saturated rings. The number of H-pyrrole nitrogens is 2. The van der Waals surface area contributed by atoms with Crippen molar-refractivity contribution in [3.05, 3.63) is 72.1 Å². The molecule has 3 aliphatic rings. The fourth-order valence-electron chi connectivity index (χ4n) is 7.29. The van der Waals surface area contributed by atoms with Gasteiger partial charge in [0.1, 0.15) is 12.4 Å². The van der Waals surface area contributed by atoms with Gasteiger partial charge in [0, 0.05) is 30.6 Å². The minimum atomic E-state index is -3.07. The average molecular weight is 617 g/mol. The highest BCUT2D eigenvalue weighted by atomic mass is 19.3. The van der Waals surface area contributed by atoms with Crippen molar-refractivity contribution >= 4 is 12.0 Å². The molecule has 45 heavy (non-hydrogen) atoms. The predicted molar refractivity (Wildman–Crippen MR) is 162 cm³/mol. The maximum atomic E-state index is 14.5. The number of nitrogens with zero attached hydrogens (tertiary/aromatic N) is 3. The van der Waals surface area contributed by atoms with E-state index in [1.54, 1.807) is 12.5 Å². The van der Waals surface area contributed by atoms with E-state index >= 15 is 0 Å². The lowest BCUT2D eigenvalue weighted by Crippen LogP contribution is -2.41. The van der Waals surface area contributed by atoms with Gasteiger partial charge in [-0.05, 0) is 53.5 Å². The highest BCUT2D eigenvalue weighted by Gasteiger charge is 2.48. The van der Waals surface area contributed by atoms with Crippen molar-refractivity contribution in [3.63, 3.8) is 0 Å². The first-order chi connectivity index (χ1) is 21.8. The van der Waals surface area contributed by atoms with Crippen LogP contribution in [0.1, 0.15) is 48.7 Å². The zero-order valence-corrected chi connectivity index (χ0v) is 24.9. The summed E-state index contributed by atoms with van der Waals surface area (Å²) in [4.78, 5) is 40.3. The minimum Gasteiger partial charge on any atom is -0.453 e. The second-order valence-corrected chi connectivity index (χ2v) is 12.1. The molecule has 2 aromatic carbocycles. The van der Waals surface area contributed by atoms with Crippen molar-refractivity contribution in [2.75, 3.05) is 33.4 Å². The first-order valence-corrected chi connectivity index (χ1v) is 15.1. The molecule has 0 bridgehead atoms. The van der Waals surface area contributed by atoms with E-state index in [9.17, 15) is 18.4 Å². The molecule has 2 saturated heterocycles. The summed E-state index contributed by atoms with van der Waals surface area (Å²) < 4.78 is 39.2. The topological polar surface area (TPSA) is 125 Å². The Balaban J connectivity index is 1.17. The van der Waals surface area contributed by atoms with Gasteiger partial charge in [0.15, 0.2) is 0 Å². The molecule has 10 nitrogen and oxygen atoms in total. The number of ether oxygens (including phenoxy) is 2. The Morgan fingerprint density at radius 1 is 1.04 bits per heavy atom. The lowest BCUT2D eigenvalue weighted by atomic mass is 9.72. The van der Waals surface area contributed by atoms with Crippen molar-refractivity contribution in [1.29, 1.82) is 0 Å². The van der Waals surface area contributed by atoms with Gasteiger partial charge < -0.3 is 29.7 Å². The van der Waals surface area contributed by atoms with Gasteiger partial charge in [-0.15, -0.1) is 0 Å². The normalized spacial score (nSPS) is 19.9. The van der Waals surface area contributed by atoms with Gasteiger partial charge in [0.25, 0.3) is 5.92 Å². The van der Waals surface area contributed by atoms with Crippen LogP contribution in [0.3, 0.4) is 0 Å². The highest BCUT2D eigenvalue weighted by Crippen LogP contribution is 2.52. The number of methoxy groups -OCH3 is 1. The number of hydrogen-bond acceptors (Lipinski definition) is 6. The van der Waals surface area contributed by atoms with E-state index in [2.05, 4.69) is 54.3 Å². The fourth-order valence-corrected chi connectivity index (χ4v) is 7.29. The Morgan fingerprint density at radius 3 is 2.53 bits per heavy atom. The van der Waals surface area contributed by atoms with Crippen LogP contribution in [-0.4, -0.2) is 76.2 Å². The van der Waals surface area contributed by atoms with E-state index in [0.29, 0.717) is 5.69 Å². The first-order valence-electron chi connectivity index (χ1n) is 15.1. The molecule has 4 aromatic rings. The van der Waals surface area contributed by atoms with E-state index in [4.69, 9.17) is 4.74 Å². The minimum absolute atomic E-state index is 0.0783.